The number of aliphatic carboxylic acids is 1. The van der Waals surface area contributed by atoms with Crippen molar-refractivity contribution >= 4 is 11.9 Å². The molecule has 0 radical (unpaired) electrons. The zero-order chi connectivity index (χ0) is 15.5. The molecule has 5 heteroatoms. The van der Waals surface area contributed by atoms with Gasteiger partial charge in [0.25, 0.3) is 0 Å². The van der Waals surface area contributed by atoms with Gasteiger partial charge in [-0.05, 0) is 30.5 Å². The van der Waals surface area contributed by atoms with Gasteiger partial charge in [-0.2, -0.15) is 0 Å². The lowest BCUT2D eigenvalue weighted by atomic mass is 10.1. The number of nitrogens with one attached hydrogen (secondary N) is 1. The van der Waals surface area contributed by atoms with Crippen molar-refractivity contribution in [1.29, 1.82) is 0 Å². The van der Waals surface area contributed by atoms with Gasteiger partial charge in [-0.1, -0.05) is 25.5 Å². The Kier molecular flexibility index (Phi) is 7.94. The van der Waals surface area contributed by atoms with Crippen LogP contribution >= 0.6 is 0 Å². The van der Waals surface area contributed by atoms with Gasteiger partial charge in [0.1, 0.15) is 5.75 Å². The van der Waals surface area contributed by atoms with Crippen molar-refractivity contribution < 1.29 is 19.4 Å². The number of ether oxygens (including phenoxy) is 1. The molecule has 0 aliphatic rings. The molecule has 2 N–H and O–H groups in total. The summed E-state index contributed by atoms with van der Waals surface area (Å²) >= 11 is 0. The number of carbonyl (C=O) groups excluding carboxylic acids is 1. The first-order valence-electron chi connectivity index (χ1n) is 7.32. The predicted molar refractivity (Wildman–Crippen MR) is 80.4 cm³/mol. The van der Waals surface area contributed by atoms with Crippen LogP contribution < -0.4 is 10.1 Å². The summed E-state index contributed by atoms with van der Waals surface area (Å²) in [7, 11) is 0. The third-order valence-electron chi connectivity index (χ3n) is 2.97. The third kappa shape index (κ3) is 7.97. The van der Waals surface area contributed by atoms with Gasteiger partial charge in [-0.25, -0.2) is 0 Å². The minimum absolute atomic E-state index is 0.0233. The van der Waals surface area contributed by atoms with E-state index in [1.807, 2.05) is 24.3 Å². The topological polar surface area (TPSA) is 75.6 Å². The van der Waals surface area contributed by atoms with Crippen LogP contribution in [0.4, 0.5) is 0 Å². The summed E-state index contributed by atoms with van der Waals surface area (Å²) < 4.78 is 5.63. The first kappa shape index (κ1) is 17.0. The van der Waals surface area contributed by atoms with E-state index < -0.39 is 5.97 Å². The molecule has 0 bridgehead atoms. The summed E-state index contributed by atoms with van der Waals surface area (Å²) in [5.41, 5.74) is 1.09. The zero-order valence-electron chi connectivity index (χ0n) is 12.4. The number of carbonyl (C=O) groups is 2. The van der Waals surface area contributed by atoms with Gasteiger partial charge in [0.15, 0.2) is 0 Å². The smallest absolute Gasteiger partial charge is 0.303 e. The normalized spacial score (nSPS) is 10.1. The zero-order valence-corrected chi connectivity index (χ0v) is 12.4. The Balaban J connectivity index is 2.29. The van der Waals surface area contributed by atoms with E-state index in [9.17, 15) is 9.59 Å². The van der Waals surface area contributed by atoms with Crippen molar-refractivity contribution in [2.24, 2.45) is 0 Å². The molecule has 21 heavy (non-hydrogen) atoms. The van der Waals surface area contributed by atoms with Crippen LogP contribution in [-0.4, -0.2) is 30.1 Å². The fourth-order valence-electron chi connectivity index (χ4n) is 1.78. The van der Waals surface area contributed by atoms with Crippen LogP contribution in [0.25, 0.3) is 0 Å². The molecule has 0 aliphatic carbocycles. The second-order valence-electron chi connectivity index (χ2n) is 4.84. The summed E-state index contributed by atoms with van der Waals surface area (Å²) in [5, 5.41) is 11.2. The van der Waals surface area contributed by atoms with Gasteiger partial charge in [-0.15, -0.1) is 0 Å². The van der Waals surface area contributed by atoms with Crippen molar-refractivity contribution in [3.05, 3.63) is 29.8 Å². The van der Waals surface area contributed by atoms with E-state index in [-0.39, 0.29) is 18.7 Å². The summed E-state index contributed by atoms with van der Waals surface area (Å²) in [6.07, 6.45) is 2.72. The highest BCUT2D eigenvalue weighted by molar-refractivity contribution is 5.80. The van der Waals surface area contributed by atoms with Gasteiger partial charge in [0.05, 0.1) is 13.0 Å². The fourth-order valence-corrected chi connectivity index (χ4v) is 1.78. The Hall–Kier alpha value is -2.04. The molecule has 1 amide bonds. The molecule has 0 saturated carbocycles. The summed E-state index contributed by atoms with van der Waals surface area (Å²) in [6.45, 7) is 3.33. The number of benzene rings is 1. The molecule has 0 heterocycles. The Morgan fingerprint density at radius 1 is 1.29 bits per heavy atom. The molecule has 116 valence electrons. The van der Waals surface area contributed by atoms with Gasteiger partial charge >= 0.3 is 5.97 Å². The van der Waals surface area contributed by atoms with E-state index >= 15 is 0 Å². The minimum atomic E-state index is -0.956. The highest BCUT2D eigenvalue weighted by atomic mass is 16.5. The quantitative estimate of drug-likeness (QED) is 0.649. The molecular weight excluding hydrogens is 270 g/mol. The number of carboxylic acid groups (broad SMARTS) is 1. The van der Waals surface area contributed by atoms with E-state index in [0.29, 0.717) is 19.6 Å². The van der Waals surface area contributed by atoms with Crippen molar-refractivity contribution in [3.63, 3.8) is 0 Å². The number of hydrogen-bond donors (Lipinski definition) is 2. The summed E-state index contributed by atoms with van der Waals surface area (Å²) in [6, 6.07) is 7.81. The second kappa shape index (κ2) is 9.80. The van der Waals surface area contributed by atoms with E-state index in [2.05, 4.69) is 12.2 Å². The molecule has 0 saturated heterocycles. The van der Waals surface area contributed by atoms with Gasteiger partial charge in [0.2, 0.25) is 5.91 Å². The molecule has 5 nitrogen and oxygen atoms in total. The van der Waals surface area contributed by atoms with Crippen molar-refractivity contribution in [2.45, 2.75) is 39.0 Å². The lowest BCUT2D eigenvalue weighted by molar-refractivity contribution is -0.138. The molecule has 0 aromatic heterocycles. The molecule has 0 atom stereocenters. The van der Waals surface area contributed by atoms with E-state index in [1.165, 1.54) is 0 Å². The second-order valence-corrected chi connectivity index (χ2v) is 4.84. The highest BCUT2D eigenvalue weighted by Crippen LogP contribution is 2.14. The standard InChI is InChI=1S/C16H23NO4/c1-2-3-11-21-14-6-4-5-13(12-14)9-10-17-15(18)7-8-16(19)20/h4-6,12H,2-3,7-11H2,1H3,(H,17,18)(H,19,20). The Morgan fingerprint density at radius 3 is 2.81 bits per heavy atom. The van der Waals surface area contributed by atoms with Crippen molar-refractivity contribution in [1.82, 2.24) is 5.32 Å². The van der Waals surface area contributed by atoms with E-state index in [0.717, 1.165) is 24.2 Å². The number of amides is 1. The first-order valence-corrected chi connectivity index (χ1v) is 7.32. The van der Waals surface area contributed by atoms with Crippen LogP contribution in [0.5, 0.6) is 5.75 Å². The number of rotatable bonds is 10. The molecule has 1 aromatic rings. The Bertz CT molecular complexity index is 459. The van der Waals surface area contributed by atoms with E-state index in [1.54, 1.807) is 0 Å². The Morgan fingerprint density at radius 2 is 2.10 bits per heavy atom. The summed E-state index contributed by atoms with van der Waals surface area (Å²) in [5.74, 6) is -0.340. The average Bonchev–Trinajstić information content (AvgIpc) is 2.46. The molecule has 1 rings (SSSR count). The van der Waals surface area contributed by atoms with Crippen molar-refractivity contribution in [2.75, 3.05) is 13.2 Å². The fraction of sp³-hybridized carbons (Fsp3) is 0.500. The lowest BCUT2D eigenvalue weighted by Crippen LogP contribution is -2.26. The van der Waals surface area contributed by atoms with Crippen LogP contribution in [0.2, 0.25) is 0 Å². The van der Waals surface area contributed by atoms with Gasteiger partial charge in [0, 0.05) is 13.0 Å². The number of hydrogen-bond acceptors (Lipinski definition) is 3. The molecular formula is C16H23NO4. The molecule has 0 unspecified atom stereocenters. The highest BCUT2D eigenvalue weighted by Gasteiger charge is 2.04. The SMILES string of the molecule is CCCCOc1cccc(CCNC(=O)CCC(=O)O)c1. The minimum Gasteiger partial charge on any atom is -0.494 e. The Labute approximate surface area is 125 Å². The van der Waals surface area contributed by atoms with Crippen LogP contribution in [0.15, 0.2) is 24.3 Å². The van der Waals surface area contributed by atoms with Gasteiger partial charge in [-0.3, -0.25) is 9.59 Å². The first-order chi connectivity index (χ1) is 10.1. The molecule has 1 aromatic carbocycles. The average molecular weight is 293 g/mol. The van der Waals surface area contributed by atoms with Crippen LogP contribution in [0, 0.1) is 0 Å². The van der Waals surface area contributed by atoms with Crippen LogP contribution in [0.1, 0.15) is 38.2 Å². The van der Waals surface area contributed by atoms with Crippen LogP contribution in [0.3, 0.4) is 0 Å². The van der Waals surface area contributed by atoms with Crippen molar-refractivity contribution in [3.8, 4) is 5.75 Å². The lowest BCUT2D eigenvalue weighted by Gasteiger charge is -2.08. The maximum absolute atomic E-state index is 11.4. The maximum atomic E-state index is 11.4. The number of carboxylic acids is 1. The molecule has 0 spiro atoms. The van der Waals surface area contributed by atoms with E-state index in [4.69, 9.17) is 9.84 Å². The largest absolute Gasteiger partial charge is 0.494 e. The molecule has 0 fully saturated rings. The monoisotopic (exact) mass is 293 g/mol. The number of unbranched alkanes of at least 4 members (excludes halogenated alkanes) is 1. The summed E-state index contributed by atoms with van der Waals surface area (Å²) in [4.78, 5) is 21.7. The van der Waals surface area contributed by atoms with Gasteiger partial charge < -0.3 is 15.2 Å². The van der Waals surface area contributed by atoms with Crippen LogP contribution in [-0.2, 0) is 16.0 Å². The maximum Gasteiger partial charge on any atom is 0.303 e. The predicted octanol–water partition coefficient (Wildman–Crippen LogP) is 2.39. The third-order valence-corrected chi connectivity index (χ3v) is 2.97. The molecule has 0 aliphatic heterocycles.